The molecule has 1 aromatic rings. The Kier molecular flexibility index (Phi) is 4.68. The topological polar surface area (TPSA) is 36.4 Å². The molecule has 0 aromatic heterocycles. The summed E-state index contributed by atoms with van der Waals surface area (Å²) in [6, 6.07) is 7.19. The minimum atomic E-state index is -0.219. The van der Waals surface area contributed by atoms with Crippen molar-refractivity contribution in [1.29, 1.82) is 0 Å². The van der Waals surface area contributed by atoms with Gasteiger partial charge in [-0.2, -0.15) is 0 Å². The predicted octanol–water partition coefficient (Wildman–Crippen LogP) is 1.81. The lowest BCUT2D eigenvalue weighted by atomic mass is 10.1. The van der Waals surface area contributed by atoms with E-state index in [2.05, 4.69) is 21.5 Å². The molecule has 0 fully saturated rings. The van der Waals surface area contributed by atoms with Crippen molar-refractivity contribution in [3.05, 3.63) is 34.9 Å². The van der Waals surface area contributed by atoms with E-state index in [4.69, 9.17) is 18.0 Å². The molecule has 0 aliphatic carbocycles. The summed E-state index contributed by atoms with van der Waals surface area (Å²) in [6.07, 6.45) is 5.47. The van der Waals surface area contributed by atoms with Gasteiger partial charge < -0.3 is 10.6 Å². The van der Waals surface area contributed by atoms with E-state index in [-0.39, 0.29) is 6.04 Å². The van der Waals surface area contributed by atoms with E-state index >= 15 is 0 Å². The van der Waals surface area contributed by atoms with Gasteiger partial charge in [0.1, 0.15) is 6.04 Å². The van der Waals surface area contributed by atoms with Gasteiger partial charge >= 0.3 is 0 Å². The minimum absolute atomic E-state index is 0.219. The van der Waals surface area contributed by atoms with Crippen LogP contribution in [0, 0.1) is 12.3 Å². The van der Waals surface area contributed by atoms with Crippen molar-refractivity contribution in [2.75, 3.05) is 14.1 Å². The summed E-state index contributed by atoms with van der Waals surface area (Å²) in [6.45, 7) is 0. The van der Waals surface area contributed by atoms with Crippen LogP contribution in [0.3, 0.4) is 0 Å². The molecule has 0 saturated heterocycles. The highest BCUT2D eigenvalue weighted by Gasteiger charge is 2.08. The summed E-state index contributed by atoms with van der Waals surface area (Å²) >= 11 is 5.81. The number of hydrogen-bond acceptors (Lipinski definition) is 1. The number of halogens is 1. The molecule has 0 bridgehead atoms. The highest BCUT2D eigenvalue weighted by molar-refractivity contribution is 6.30. The van der Waals surface area contributed by atoms with Crippen LogP contribution in [0.1, 0.15) is 11.6 Å². The van der Waals surface area contributed by atoms with Crippen LogP contribution in [0.15, 0.2) is 29.3 Å². The molecule has 0 amide bonds. The molecule has 0 spiro atoms. The third-order valence-electron chi connectivity index (χ3n) is 2.11. The third kappa shape index (κ3) is 3.18. The van der Waals surface area contributed by atoms with Gasteiger partial charge in [0.25, 0.3) is 0 Å². The second-order valence-corrected chi connectivity index (χ2v) is 3.55. The molecule has 0 radical (unpaired) electrons. The van der Waals surface area contributed by atoms with Crippen LogP contribution < -0.4 is 10.6 Å². The fraction of sp³-hybridized carbons (Fsp3) is 0.250. The average Bonchev–Trinajstić information content (AvgIpc) is 2.32. The SMILES string of the molecule is C#CC(NC(=NC)NC)c1ccc(Cl)cc1. The quantitative estimate of drug-likeness (QED) is 0.466. The van der Waals surface area contributed by atoms with Crippen LogP contribution in [-0.2, 0) is 0 Å². The first-order chi connectivity index (χ1) is 7.71. The van der Waals surface area contributed by atoms with Crippen LogP contribution in [0.25, 0.3) is 0 Å². The van der Waals surface area contributed by atoms with Gasteiger partial charge in [-0.3, -0.25) is 4.99 Å². The lowest BCUT2D eigenvalue weighted by molar-refractivity contribution is 0.787. The Bertz CT molecular complexity index is 403. The molecule has 0 aliphatic rings. The average molecular weight is 236 g/mol. The predicted molar refractivity (Wildman–Crippen MR) is 68.6 cm³/mol. The summed E-state index contributed by atoms with van der Waals surface area (Å²) in [7, 11) is 3.47. The Labute approximate surface area is 101 Å². The Balaban J connectivity index is 2.83. The molecule has 0 saturated carbocycles. The van der Waals surface area contributed by atoms with Crippen LogP contribution >= 0.6 is 11.6 Å². The Morgan fingerprint density at radius 1 is 1.44 bits per heavy atom. The number of guanidine groups is 1. The molecule has 1 rings (SSSR count). The maximum Gasteiger partial charge on any atom is 0.191 e. The molecule has 84 valence electrons. The van der Waals surface area contributed by atoms with Crippen molar-refractivity contribution in [3.8, 4) is 12.3 Å². The normalized spacial score (nSPS) is 12.8. The molecule has 0 heterocycles. The van der Waals surface area contributed by atoms with E-state index in [1.165, 1.54) is 0 Å². The molecule has 2 N–H and O–H groups in total. The zero-order valence-electron chi connectivity index (χ0n) is 9.29. The van der Waals surface area contributed by atoms with Gasteiger partial charge in [-0.05, 0) is 17.7 Å². The second-order valence-electron chi connectivity index (χ2n) is 3.12. The molecular formula is C12H14ClN3. The summed E-state index contributed by atoms with van der Waals surface area (Å²) < 4.78 is 0. The third-order valence-corrected chi connectivity index (χ3v) is 2.36. The molecule has 1 unspecified atom stereocenters. The molecular weight excluding hydrogens is 222 g/mol. The maximum atomic E-state index is 5.81. The van der Waals surface area contributed by atoms with Gasteiger partial charge in [0, 0.05) is 19.1 Å². The fourth-order valence-electron chi connectivity index (χ4n) is 1.26. The molecule has 0 aliphatic heterocycles. The van der Waals surface area contributed by atoms with E-state index in [1.54, 1.807) is 14.1 Å². The van der Waals surface area contributed by atoms with Gasteiger partial charge in [-0.25, -0.2) is 0 Å². The second kappa shape index (κ2) is 6.04. The lowest BCUT2D eigenvalue weighted by Crippen LogP contribution is -2.36. The van der Waals surface area contributed by atoms with Crippen molar-refractivity contribution >= 4 is 17.6 Å². The lowest BCUT2D eigenvalue weighted by Gasteiger charge is -2.15. The Hall–Kier alpha value is -1.66. The number of nitrogens with zero attached hydrogens (tertiary/aromatic N) is 1. The number of aliphatic imine (C=N–C) groups is 1. The zero-order valence-corrected chi connectivity index (χ0v) is 10.0. The standard InChI is InChI=1S/C12H14ClN3/c1-4-11(16-12(14-2)15-3)9-5-7-10(13)8-6-9/h1,5-8,11H,2-3H3,(H2,14,15,16). The fourth-order valence-corrected chi connectivity index (χ4v) is 1.39. The Morgan fingerprint density at radius 3 is 2.50 bits per heavy atom. The van der Waals surface area contributed by atoms with Crippen molar-refractivity contribution in [2.24, 2.45) is 4.99 Å². The van der Waals surface area contributed by atoms with Gasteiger partial charge in [-0.1, -0.05) is 29.7 Å². The summed E-state index contributed by atoms with van der Waals surface area (Å²) in [4.78, 5) is 4.01. The van der Waals surface area contributed by atoms with Crippen molar-refractivity contribution < 1.29 is 0 Å². The van der Waals surface area contributed by atoms with Crippen molar-refractivity contribution in [1.82, 2.24) is 10.6 Å². The van der Waals surface area contributed by atoms with E-state index in [1.807, 2.05) is 24.3 Å². The number of rotatable bonds is 2. The van der Waals surface area contributed by atoms with Crippen LogP contribution in [0.5, 0.6) is 0 Å². The largest absolute Gasteiger partial charge is 0.359 e. The van der Waals surface area contributed by atoms with Gasteiger partial charge in [0.05, 0.1) is 0 Å². The summed E-state index contributed by atoms with van der Waals surface area (Å²) in [5.74, 6) is 3.31. The molecule has 3 nitrogen and oxygen atoms in total. The molecule has 4 heteroatoms. The monoisotopic (exact) mass is 235 g/mol. The first-order valence-corrected chi connectivity index (χ1v) is 5.21. The minimum Gasteiger partial charge on any atom is -0.359 e. The number of hydrogen-bond donors (Lipinski definition) is 2. The smallest absolute Gasteiger partial charge is 0.191 e. The molecule has 1 atom stereocenters. The number of benzene rings is 1. The van der Waals surface area contributed by atoms with Crippen molar-refractivity contribution in [3.63, 3.8) is 0 Å². The maximum absolute atomic E-state index is 5.81. The van der Waals surface area contributed by atoms with Crippen LogP contribution in [0.2, 0.25) is 5.02 Å². The highest BCUT2D eigenvalue weighted by atomic mass is 35.5. The Morgan fingerprint density at radius 2 is 2.06 bits per heavy atom. The molecule has 1 aromatic carbocycles. The van der Waals surface area contributed by atoms with E-state index < -0.39 is 0 Å². The molecule has 16 heavy (non-hydrogen) atoms. The van der Waals surface area contributed by atoms with Crippen LogP contribution in [0.4, 0.5) is 0 Å². The van der Waals surface area contributed by atoms with Gasteiger partial charge in [0.2, 0.25) is 0 Å². The number of terminal acetylenes is 1. The van der Waals surface area contributed by atoms with Crippen molar-refractivity contribution in [2.45, 2.75) is 6.04 Å². The van der Waals surface area contributed by atoms with Crippen LogP contribution in [-0.4, -0.2) is 20.1 Å². The van der Waals surface area contributed by atoms with E-state index in [9.17, 15) is 0 Å². The highest BCUT2D eigenvalue weighted by Crippen LogP contribution is 2.15. The summed E-state index contributed by atoms with van der Waals surface area (Å²) in [5, 5.41) is 6.71. The van der Waals surface area contributed by atoms with Gasteiger partial charge in [0.15, 0.2) is 5.96 Å². The van der Waals surface area contributed by atoms with Gasteiger partial charge in [-0.15, -0.1) is 6.42 Å². The zero-order chi connectivity index (χ0) is 12.0. The summed E-state index contributed by atoms with van der Waals surface area (Å²) in [5.41, 5.74) is 0.975. The number of nitrogens with one attached hydrogen (secondary N) is 2. The van der Waals surface area contributed by atoms with E-state index in [0.29, 0.717) is 11.0 Å². The van der Waals surface area contributed by atoms with E-state index in [0.717, 1.165) is 5.56 Å². The first kappa shape index (κ1) is 12.4. The first-order valence-electron chi connectivity index (χ1n) is 4.84.